The van der Waals surface area contributed by atoms with Gasteiger partial charge in [0.15, 0.2) is 0 Å². The Morgan fingerprint density at radius 2 is 1.92 bits per heavy atom. The molecule has 66 valence electrons. The van der Waals surface area contributed by atoms with Crippen LogP contribution in [0.1, 0.15) is 41.9 Å². The fourth-order valence-corrected chi connectivity index (χ4v) is 1.36. The van der Waals surface area contributed by atoms with Crippen LogP contribution in [0, 0.1) is 0 Å². The fraction of sp³-hybridized carbons (Fsp3) is 0.500. The monoisotopic (exact) mass is 275 g/mol. The number of alkyl halides is 1. The summed E-state index contributed by atoms with van der Waals surface area (Å²) in [5, 5.41) is 0. The summed E-state index contributed by atoms with van der Waals surface area (Å²) in [5.41, 5.74) is 2.48. The first kappa shape index (κ1) is 9.96. The van der Waals surface area contributed by atoms with Gasteiger partial charge in [0.05, 0.1) is 9.62 Å². The van der Waals surface area contributed by atoms with Crippen LogP contribution in [0.5, 0.6) is 0 Å². The molecule has 1 heterocycles. The van der Waals surface area contributed by atoms with Crippen molar-refractivity contribution in [1.82, 2.24) is 4.98 Å². The molecule has 0 amide bonds. The molecule has 0 spiro atoms. The molecule has 1 rings (SSSR count). The Morgan fingerprint density at radius 1 is 1.25 bits per heavy atom. The van der Waals surface area contributed by atoms with Gasteiger partial charge >= 0.3 is 0 Å². The number of nitrogens with zero attached hydrogens (tertiary/aromatic N) is 1. The minimum absolute atomic E-state index is 0.504. The summed E-state index contributed by atoms with van der Waals surface area (Å²) >= 11 is 2.37. The van der Waals surface area contributed by atoms with Crippen LogP contribution in [0.15, 0.2) is 18.3 Å². The van der Waals surface area contributed by atoms with Crippen LogP contribution in [-0.2, 0) is 0 Å². The Balaban J connectivity index is 2.86. The highest BCUT2D eigenvalue weighted by atomic mass is 127. The molecular formula is C10H14IN. The number of rotatable bonds is 2. The van der Waals surface area contributed by atoms with E-state index in [-0.39, 0.29) is 0 Å². The number of hydrogen-bond acceptors (Lipinski definition) is 1. The molecule has 0 N–H and O–H groups in total. The van der Waals surface area contributed by atoms with Crippen LogP contribution < -0.4 is 0 Å². The standard InChI is InChI=1S/C10H14IN/c1-7(2)9-4-5-10(8(3)11)12-6-9/h4-8H,1-3H3. The van der Waals surface area contributed by atoms with Crippen LogP contribution in [0.4, 0.5) is 0 Å². The summed E-state index contributed by atoms with van der Waals surface area (Å²) in [6.07, 6.45) is 1.98. The van der Waals surface area contributed by atoms with Gasteiger partial charge in [0.1, 0.15) is 0 Å². The van der Waals surface area contributed by atoms with Crippen molar-refractivity contribution >= 4 is 22.6 Å². The minimum Gasteiger partial charge on any atom is -0.260 e. The third-order valence-electron chi connectivity index (χ3n) is 1.88. The van der Waals surface area contributed by atoms with Gasteiger partial charge in [0, 0.05) is 6.20 Å². The SMILES string of the molecule is CC(C)c1ccc(C(C)I)nc1. The van der Waals surface area contributed by atoms with Gasteiger partial charge in [-0.15, -0.1) is 0 Å². The van der Waals surface area contributed by atoms with E-state index >= 15 is 0 Å². The lowest BCUT2D eigenvalue weighted by molar-refractivity contribution is 0.851. The zero-order valence-corrected chi connectivity index (χ0v) is 9.87. The Hall–Kier alpha value is -0.120. The molecule has 0 saturated carbocycles. The first-order valence-corrected chi connectivity index (χ1v) is 5.45. The van der Waals surface area contributed by atoms with E-state index in [2.05, 4.69) is 60.5 Å². The molecule has 1 aromatic rings. The van der Waals surface area contributed by atoms with Gasteiger partial charge in [-0.2, -0.15) is 0 Å². The van der Waals surface area contributed by atoms with E-state index in [0.29, 0.717) is 9.84 Å². The minimum atomic E-state index is 0.504. The third kappa shape index (κ3) is 2.44. The Morgan fingerprint density at radius 3 is 2.25 bits per heavy atom. The van der Waals surface area contributed by atoms with Crippen molar-refractivity contribution in [3.05, 3.63) is 29.6 Å². The van der Waals surface area contributed by atoms with Crippen LogP contribution in [0.2, 0.25) is 0 Å². The summed E-state index contributed by atoms with van der Waals surface area (Å²) in [4.78, 5) is 4.39. The average Bonchev–Trinajstić information content (AvgIpc) is 2.04. The Bertz CT molecular complexity index is 212. The van der Waals surface area contributed by atoms with E-state index in [9.17, 15) is 0 Å². The van der Waals surface area contributed by atoms with Crippen molar-refractivity contribution in [2.45, 2.75) is 30.6 Å². The van der Waals surface area contributed by atoms with Crippen molar-refractivity contribution in [1.29, 1.82) is 0 Å². The number of halogens is 1. The summed E-state index contributed by atoms with van der Waals surface area (Å²) in [5.74, 6) is 0.580. The van der Waals surface area contributed by atoms with Crippen LogP contribution in [-0.4, -0.2) is 4.98 Å². The molecule has 0 bridgehead atoms. The maximum Gasteiger partial charge on any atom is 0.0529 e. The lowest BCUT2D eigenvalue weighted by Crippen LogP contribution is -1.93. The molecule has 1 nitrogen and oxygen atoms in total. The van der Waals surface area contributed by atoms with Crippen LogP contribution >= 0.6 is 22.6 Å². The summed E-state index contributed by atoms with van der Waals surface area (Å²) < 4.78 is 0.504. The third-order valence-corrected chi connectivity index (χ3v) is 2.52. The van der Waals surface area contributed by atoms with E-state index in [1.807, 2.05) is 6.20 Å². The highest BCUT2D eigenvalue weighted by molar-refractivity contribution is 14.1. The predicted molar refractivity (Wildman–Crippen MR) is 60.8 cm³/mol. The largest absolute Gasteiger partial charge is 0.260 e. The highest BCUT2D eigenvalue weighted by Crippen LogP contribution is 2.21. The smallest absolute Gasteiger partial charge is 0.0529 e. The zero-order valence-electron chi connectivity index (χ0n) is 7.71. The molecule has 0 radical (unpaired) electrons. The van der Waals surface area contributed by atoms with Crippen LogP contribution in [0.3, 0.4) is 0 Å². The lowest BCUT2D eigenvalue weighted by Gasteiger charge is -2.06. The first-order chi connectivity index (χ1) is 5.61. The zero-order chi connectivity index (χ0) is 9.14. The van der Waals surface area contributed by atoms with E-state index < -0.39 is 0 Å². The molecule has 0 aliphatic heterocycles. The van der Waals surface area contributed by atoms with Crippen LogP contribution in [0.25, 0.3) is 0 Å². The maximum absolute atomic E-state index is 4.39. The quantitative estimate of drug-likeness (QED) is 0.592. The summed E-state index contributed by atoms with van der Waals surface area (Å²) in [6.45, 7) is 6.52. The topological polar surface area (TPSA) is 12.9 Å². The van der Waals surface area contributed by atoms with Gasteiger partial charge in [-0.1, -0.05) is 42.5 Å². The second kappa shape index (κ2) is 4.21. The highest BCUT2D eigenvalue weighted by Gasteiger charge is 2.03. The first-order valence-electron chi connectivity index (χ1n) is 4.21. The van der Waals surface area contributed by atoms with E-state index in [0.717, 1.165) is 0 Å². The molecule has 0 aliphatic rings. The molecule has 1 aromatic heterocycles. The fourth-order valence-electron chi connectivity index (χ4n) is 0.994. The predicted octanol–water partition coefficient (Wildman–Crippen LogP) is 3.70. The summed E-state index contributed by atoms with van der Waals surface area (Å²) in [6, 6.07) is 4.29. The molecule has 0 aromatic carbocycles. The van der Waals surface area contributed by atoms with Crippen molar-refractivity contribution < 1.29 is 0 Å². The van der Waals surface area contributed by atoms with E-state index in [4.69, 9.17) is 0 Å². The molecule has 12 heavy (non-hydrogen) atoms. The van der Waals surface area contributed by atoms with Gasteiger partial charge in [0.25, 0.3) is 0 Å². The molecule has 1 atom stereocenters. The van der Waals surface area contributed by atoms with Gasteiger partial charge in [-0.3, -0.25) is 4.98 Å². The van der Waals surface area contributed by atoms with Gasteiger partial charge in [0.2, 0.25) is 0 Å². The van der Waals surface area contributed by atoms with Gasteiger partial charge < -0.3 is 0 Å². The number of pyridine rings is 1. The molecule has 0 aliphatic carbocycles. The van der Waals surface area contributed by atoms with Gasteiger partial charge in [-0.25, -0.2) is 0 Å². The Labute approximate surface area is 87.7 Å². The Kier molecular flexibility index (Phi) is 3.50. The lowest BCUT2D eigenvalue weighted by atomic mass is 10.1. The second-order valence-electron chi connectivity index (χ2n) is 3.29. The van der Waals surface area contributed by atoms with Gasteiger partial charge in [-0.05, 0) is 24.5 Å². The van der Waals surface area contributed by atoms with Crippen molar-refractivity contribution in [3.63, 3.8) is 0 Å². The van der Waals surface area contributed by atoms with Crippen molar-refractivity contribution in [2.75, 3.05) is 0 Å². The second-order valence-corrected chi connectivity index (χ2v) is 5.16. The normalized spacial score (nSPS) is 13.4. The average molecular weight is 275 g/mol. The van der Waals surface area contributed by atoms with E-state index in [1.165, 1.54) is 11.3 Å². The number of aromatic nitrogens is 1. The molecule has 0 saturated heterocycles. The van der Waals surface area contributed by atoms with Crippen molar-refractivity contribution in [2.24, 2.45) is 0 Å². The molecule has 2 heteroatoms. The van der Waals surface area contributed by atoms with E-state index in [1.54, 1.807) is 0 Å². The molecule has 1 unspecified atom stereocenters. The number of hydrogen-bond donors (Lipinski definition) is 0. The maximum atomic E-state index is 4.39. The molecular weight excluding hydrogens is 261 g/mol. The summed E-state index contributed by atoms with van der Waals surface area (Å²) in [7, 11) is 0. The van der Waals surface area contributed by atoms with Crippen molar-refractivity contribution in [3.8, 4) is 0 Å². The molecule has 0 fully saturated rings.